The first-order valence-electron chi connectivity index (χ1n) is 15.4. The van der Waals surface area contributed by atoms with E-state index in [4.69, 9.17) is 73.1 Å². The summed E-state index contributed by atoms with van der Waals surface area (Å²) >= 11 is -6.82. The van der Waals surface area contributed by atoms with Gasteiger partial charge >= 0.3 is 279 Å². The fraction of sp³-hybridized carbons (Fsp3) is 0.571. The fourth-order valence-electron chi connectivity index (χ4n) is 7.70. The van der Waals surface area contributed by atoms with Crippen molar-refractivity contribution in [2.24, 2.45) is 22.9 Å². The molecule has 49 heavy (non-hydrogen) atoms. The first-order valence-corrected chi connectivity index (χ1v) is 20.1. The predicted octanol–water partition coefficient (Wildman–Crippen LogP) is -5.36. The Hall–Kier alpha value is -2.84. The minimum absolute atomic E-state index is 0.687. The summed E-state index contributed by atoms with van der Waals surface area (Å²) in [6.45, 7) is 0. The number of carbonyl (C=O) groups is 4. The predicted molar refractivity (Wildman–Crippen MR) is 144 cm³/mol. The van der Waals surface area contributed by atoms with Gasteiger partial charge in [0.15, 0.2) is 0 Å². The average molecular weight is 791 g/mol. The van der Waals surface area contributed by atoms with Crippen molar-refractivity contribution < 1.29 is 69.4 Å². The molecule has 16 unspecified atom stereocenters. The Morgan fingerprint density at radius 3 is 0.837 bits per heavy atom. The van der Waals surface area contributed by atoms with Crippen molar-refractivity contribution in [3.63, 3.8) is 0 Å². The van der Waals surface area contributed by atoms with Crippen LogP contribution in [0.25, 0.3) is 0 Å². The van der Waals surface area contributed by atoms with Crippen LogP contribution in [0.15, 0.2) is 48.6 Å². The van der Waals surface area contributed by atoms with E-state index in [-0.39, 0.29) is 0 Å². The normalized spacial score (nSPS) is 60.0. The maximum absolute atomic E-state index is 14.0. The number of nitrogens with two attached hydrogens (primary N) is 4. The number of epoxide rings is 8. The third kappa shape index (κ3) is 3.41. The maximum atomic E-state index is 14.0. The zero-order chi connectivity index (χ0) is 33.6. The molecule has 8 heterocycles. The Balaban J connectivity index is 0.921. The Labute approximate surface area is 278 Å². The SMILES string of the molecule is NC12C=CC3(C(=O)[O][Sn]([O]C(=O)C45C=CC6(N)OC6C4O5)([O]C(=O)C45C=CC6(N)OC6C4O5)[O]C(=O)C45C=CC6(N)OC6C4O5)OC3C1O2. The quantitative estimate of drug-likeness (QED) is 0.101. The number of hydrogen-bond acceptors (Lipinski definition) is 20. The van der Waals surface area contributed by atoms with E-state index in [1.54, 1.807) is 0 Å². The standard InChI is InChI=1S/4C7H7NO4.Sn/c4*8-7-2-1-6(5(9)10)3(11-6)4(7)12-7;/h4*1-4H,8H2,(H,9,10);/q;;;;+4/p-4. The van der Waals surface area contributed by atoms with Crippen LogP contribution in [0.3, 0.4) is 0 Å². The molecule has 8 saturated heterocycles. The summed E-state index contributed by atoms with van der Waals surface area (Å²) in [6, 6.07) is 0. The van der Waals surface area contributed by atoms with Crippen LogP contribution in [-0.4, -0.2) is 138 Å². The molecule has 0 amide bonds. The molecule has 12 aliphatic rings. The second-order valence-electron chi connectivity index (χ2n) is 14.3. The van der Waals surface area contributed by atoms with Crippen LogP contribution in [0.4, 0.5) is 0 Å². The third-order valence-electron chi connectivity index (χ3n) is 11.2. The second kappa shape index (κ2) is 7.67. The first-order chi connectivity index (χ1) is 23.1. The number of ether oxygens (including phenoxy) is 8. The van der Waals surface area contributed by atoms with Crippen molar-refractivity contribution in [2.45, 2.75) is 94.1 Å². The van der Waals surface area contributed by atoms with Crippen LogP contribution in [-0.2, 0) is 69.4 Å². The molecule has 0 aromatic carbocycles. The molecule has 256 valence electrons. The summed E-state index contributed by atoms with van der Waals surface area (Å²) in [5.41, 5.74) is 12.7. The Kier molecular flexibility index (Phi) is 4.51. The Morgan fingerprint density at radius 1 is 0.388 bits per heavy atom. The summed E-state index contributed by atoms with van der Waals surface area (Å²) in [5.74, 6) is -4.78. The van der Waals surface area contributed by atoms with E-state index in [1.807, 2.05) is 0 Å². The van der Waals surface area contributed by atoms with Crippen LogP contribution >= 0.6 is 0 Å². The van der Waals surface area contributed by atoms with E-state index >= 15 is 0 Å². The Bertz CT molecular complexity index is 1660. The number of hydrogen-bond donors (Lipinski definition) is 4. The van der Waals surface area contributed by atoms with Gasteiger partial charge in [0, 0.05) is 0 Å². The van der Waals surface area contributed by atoms with Gasteiger partial charge in [0.05, 0.1) is 0 Å². The van der Waals surface area contributed by atoms with E-state index < -0.39 is 138 Å². The molecular weight excluding hydrogens is 767 g/mol. The fourth-order valence-corrected chi connectivity index (χ4v) is 12.8. The van der Waals surface area contributed by atoms with Crippen LogP contribution in [0.5, 0.6) is 0 Å². The molecular formula is C28H24N4O16Sn. The van der Waals surface area contributed by atoms with Crippen LogP contribution < -0.4 is 22.9 Å². The van der Waals surface area contributed by atoms with E-state index in [0.717, 1.165) is 0 Å². The van der Waals surface area contributed by atoms with Gasteiger partial charge in [-0.1, -0.05) is 0 Å². The van der Waals surface area contributed by atoms with Gasteiger partial charge in [-0.2, -0.15) is 0 Å². The van der Waals surface area contributed by atoms with Crippen LogP contribution in [0.1, 0.15) is 0 Å². The summed E-state index contributed by atoms with van der Waals surface area (Å²) in [6.07, 6.45) is 4.65. The zero-order valence-corrected chi connectivity index (χ0v) is 27.4. The molecule has 20 nitrogen and oxygen atoms in total. The van der Waals surface area contributed by atoms with E-state index in [0.29, 0.717) is 0 Å². The van der Waals surface area contributed by atoms with Gasteiger partial charge in [-0.15, -0.1) is 0 Å². The van der Waals surface area contributed by atoms with Crippen molar-refractivity contribution in [1.82, 2.24) is 0 Å². The van der Waals surface area contributed by atoms with Crippen molar-refractivity contribution in [1.29, 1.82) is 0 Å². The second-order valence-corrected chi connectivity index (χ2v) is 19.5. The molecule has 0 aromatic heterocycles. The number of carbonyl (C=O) groups excluding carboxylic acids is 4. The topological polar surface area (TPSA) is 310 Å². The van der Waals surface area contributed by atoms with Gasteiger partial charge in [0.2, 0.25) is 0 Å². The van der Waals surface area contributed by atoms with Gasteiger partial charge in [-0.05, 0) is 0 Å². The third-order valence-corrected chi connectivity index (χ3v) is 16.2. The van der Waals surface area contributed by atoms with Gasteiger partial charge in [0.1, 0.15) is 0 Å². The summed E-state index contributed by atoms with van der Waals surface area (Å²) < 4.78 is 67.9. The molecule has 8 aliphatic heterocycles. The van der Waals surface area contributed by atoms with Crippen LogP contribution in [0, 0.1) is 0 Å². The van der Waals surface area contributed by atoms with E-state index in [1.165, 1.54) is 48.6 Å². The molecule has 8 N–H and O–H groups in total. The molecule has 12 rings (SSSR count). The van der Waals surface area contributed by atoms with Gasteiger partial charge in [-0.3, -0.25) is 0 Å². The number of rotatable bonds is 8. The van der Waals surface area contributed by atoms with Crippen molar-refractivity contribution in [2.75, 3.05) is 0 Å². The minimum atomic E-state index is -6.82. The Morgan fingerprint density at radius 2 is 0.612 bits per heavy atom. The molecule has 0 radical (unpaired) electrons. The molecule has 4 aliphatic carbocycles. The molecule has 0 aromatic rings. The molecule has 0 spiro atoms. The van der Waals surface area contributed by atoms with Gasteiger partial charge in [0.25, 0.3) is 0 Å². The van der Waals surface area contributed by atoms with E-state index in [9.17, 15) is 19.2 Å². The molecule has 8 fully saturated rings. The first kappa shape index (κ1) is 28.8. The van der Waals surface area contributed by atoms with Crippen molar-refractivity contribution >= 4 is 43.9 Å². The molecule has 0 saturated carbocycles. The van der Waals surface area contributed by atoms with Crippen molar-refractivity contribution in [3.05, 3.63) is 48.6 Å². The summed E-state index contributed by atoms with van der Waals surface area (Å²) in [7, 11) is 0. The zero-order valence-electron chi connectivity index (χ0n) is 24.6. The molecule has 21 heteroatoms. The summed E-state index contributed by atoms with van der Waals surface area (Å²) in [4.78, 5) is 56.1. The van der Waals surface area contributed by atoms with Gasteiger partial charge in [-0.25, -0.2) is 0 Å². The van der Waals surface area contributed by atoms with E-state index in [2.05, 4.69) is 0 Å². The molecule has 0 bridgehead atoms. The van der Waals surface area contributed by atoms with Crippen LogP contribution in [0.2, 0.25) is 0 Å². The average Bonchev–Trinajstić information content (AvgIpc) is 3.81. The summed E-state index contributed by atoms with van der Waals surface area (Å²) in [5, 5.41) is 0. The van der Waals surface area contributed by atoms with Gasteiger partial charge < -0.3 is 0 Å². The molecule has 16 atom stereocenters. The number of fused-ring (bicyclic) bond motifs is 12. The van der Waals surface area contributed by atoms with Crippen molar-refractivity contribution in [3.8, 4) is 0 Å². The monoisotopic (exact) mass is 792 g/mol.